The molecule has 0 aliphatic carbocycles. The lowest BCUT2D eigenvalue weighted by Crippen LogP contribution is -2.21. The van der Waals surface area contributed by atoms with Crippen molar-refractivity contribution in [3.8, 4) is 0 Å². The maximum absolute atomic E-state index is 12.3. The number of benzene rings is 3. The van der Waals surface area contributed by atoms with Crippen molar-refractivity contribution < 1.29 is 27.8 Å². The first-order valence-electron chi connectivity index (χ1n) is 8.17. The summed E-state index contributed by atoms with van der Waals surface area (Å²) in [7, 11) is 2.42. The van der Waals surface area contributed by atoms with Crippen LogP contribution in [0.2, 0.25) is 0 Å². The average molecular weight is 399 g/mol. The molecule has 0 amide bonds. The van der Waals surface area contributed by atoms with Gasteiger partial charge < -0.3 is 9.47 Å². The number of fused-ring (bicyclic) bond motifs is 1. The van der Waals surface area contributed by atoms with Gasteiger partial charge in [-0.15, -0.1) is 0 Å². The molecule has 3 aromatic carbocycles. The van der Waals surface area contributed by atoms with Crippen LogP contribution in [0.25, 0.3) is 10.8 Å². The van der Waals surface area contributed by atoms with Gasteiger partial charge in [0.1, 0.15) is 0 Å². The number of esters is 2. The van der Waals surface area contributed by atoms with Gasteiger partial charge in [-0.3, -0.25) is 4.55 Å². The second kappa shape index (κ2) is 8.20. The Kier molecular flexibility index (Phi) is 5.72. The number of rotatable bonds is 5. The quantitative estimate of drug-likeness (QED) is 0.520. The van der Waals surface area contributed by atoms with E-state index < -0.39 is 23.2 Å². The maximum Gasteiger partial charge on any atom is 0.337 e. The minimum absolute atomic E-state index is 0.0519. The molecule has 1 atom stereocenters. The van der Waals surface area contributed by atoms with Crippen molar-refractivity contribution in [2.45, 2.75) is 0 Å². The van der Waals surface area contributed by atoms with Gasteiger partial charge in [-0.1, -0.05) is 36.4 Å². The molecule has 0 saturated heterocycles. The van der Waals surface area contributed by atoms with Gasteiger partial charge in [-0.25, -0.2) is 18.1 Å². The topological polar surface area (TPSA) is 93.1 Å². The summed E-state index contributed by atoms with van der Waals surface area (Å²) in [6.07, 6.45) is 0. The van der Waals surface area contributed by atoms with Gasteiger partial charge >= 0.3 is 11.9 Å². The molecule has 3 rings (SSSR count). The van der Waals surface area contributed by atoms with Crippen molar-refractivity contribution in [1.29, 1.82) is 0 Å². The summed E-state index contributed by atoms with van der Waals surface area (Å²) in [5, 5.41) is 1.60. The summed E-state index contributed by atoms with van der Waals surface area (Å²) in [6, 6.07) is 16.8. The average Bonchev–Trinajstić information content (AvgIpc) is 2.72. The van der Waals surface area contributed by atoms with Crippen molar-refractivity contribution >= 4 is 45.4 Å². The summed E-state index contributed by atoms with van der Waals surface area (Å²) in [4.78, 5) is 24.1. The molecular formula is C20H17NO6S. The summed E-state index contributed by atoms with van der Waals surface area (Å²) < 4.78 is 32.8. The van der Waals surface area contributed by atoms with E-state index in [0.717, 1.165) is 15.1 Å². The molecule has 0 fully saturated rings. The Morgan fingerprint density at radius 3 is 2.04 bits per heavy atom. The Hall–Kier alpha value is -3.23. The molecule has 0 aliphatic heterocycles. The summed E-state index contributed by atoms with van der Waals surface area (Å²) in [5.74, 6) is -1.37. The van der Waals surface area contributed by atoms with Gasteiger partial charge in [0.25, 0.3) is 11.3 Å². The molecule has 7 nitrogen and oxygen atoms in total. The minimum atomic E-state index is -2.48. The van der Waals surface area contributed by atoms with E-state index in [9.17, 15) is 18.4 Å². The highest BCUT2D eigenvalue weighted by Gasteiger charge is 2.22. The van der Waals surface area contributed by atoms with Crippen molar-refractivity contribution in [2.24, 2.45) is 0 Å². The molecule has 0 aliphatic rings. The summed E-state index contributed by atoms with van der Waals surface area (Å²) in [5.41, 5.74) is 0.712. The number of anilines is 2. The lowest BCUT2D eigenvalue weighted by molar-refractivity contribution is 0.0599. The predicted octanol–water partition coefficient (Wildman–Crippen LogP) is 3.69. The van der Waals surface area contributed by atoms with Gasteiger partial charge in [-0.05, 0) is 29.7 Å². The van der Waals surface area contributed by atoms with Crippen molar-refractivity contribution in [1.82, 2.24) is 0 Å². The van der Waals surface area contributed by atoms with E-state index in [0.29, 0.717) is 5.69 Å². The number of carbonyl (C=O) groups is 2. The molecule has 144 valence electrons. The molecule has 3 aromatic rings. The number of nitrogens with zero attached hydrogens (tertiary/aromatic N) is 1. The highest BCUT2D eigenvalue weighted by atomic mass is 32.2. The molecule has 0 bridgehead atoms. The maximum atomic E-state index is 12.3. The smallest absolute Gasteiger partial charge is 0.337 e. The zero-order valence-electron chi connectivity index (χ0n) is 15.1. The van der Waals surface area contributed by atoms with Crippen LogP contribution >= 0.6 is 0 Å². The molecule has 0 aromatic heterocycles. The molecule has 0 radical (unpaired) electrons. The molecule has 1 N–H and O–H groups in total. The van der Waals surface area contributed by atoms with Gasteiger partial charge in [0.15, 0.2) is 0 Å². The lowest BCUT2D eigenvalue weighted by Gasteiger charge is -2.23. The van der Waals surface area contributed by atoms with Crippen LogP contribution in [0.1, 0.15) is 20.7 Å². The molecule has 28 heavy (non-hydrogen) atoms. The van der Waals surface area contributed by atoms with E-state index in [1.165, 1.54) is 32.4 Å². The molecule has 8 heteroatoms. The molecule has 0 saturated carbocycles. The third-order valence-electron chi connectivity index (χ3n) is 4.14. The number of hydrogen-bond donors (Lipinski definition) is 1. The van der Waals surface area contributed by atoms with Gasteiger partial charge in [-0.2, -0.15) is 0 Å². The van der Waals surface area contributed by atoms with Crippen molar-refractivity contribution in [3.63, 3.8) is 0 Å². The highest BCUT2D eigenvalue weighted by Crippen LogP contribution is 2.34. The first kappa shape index (κ1) is 19.5. The Bertz CT molecular complexity index is 1040. The first-order valence-corrected chi connectivity index (χ1v) is 9.23. The van der Waals surface area contributed by atoms with Crippen LogP contribution in [0.15, 0.2) is 60.7 Å². The normalized spacial score (nSPS) is 11.7. The van der Waals surface area contributed by atoms with Crippen LogP contribution in [0.4, 0.5) is 11.4 Å². The van der Waals surface area contributed by atoms with Gasteiger partial charge in [0.2, 0.25) is 0 Å². The molecular weight excluding hydrogens is 382 g/mol. The first-order chi connectivity index (χ1) is 13.5. The van der Waals surface area contributed by atoms with E-state index in [1.807, 2.05) is 30.3 Å². The second-order valence-corrected chi connectivity index (χ2v) is 6.60. The van der Waals surface area contributed by atoms with Gasteiger partial charge in [0.05, 0.1) is 36.7 Å². The van der Waals surface area contributed by atoms with Crippen LogP contribution in [0, 0.1) is 0 Å². The lowest BCUT2D eigenvalue weighted by atomic mass is 10.1. The standard InChI is InChI=1S/C20H17NO6S/c1-26-19(22)14-10-15(20(23)27-2)12-16(11-14)21(28(24)25)18-9-5-7-13-6-3-4-8-17(13)18/h3-12H,1-2H3,(H,24,25). The number of methoxy groups -OCH3 is 2. The zero-order valence-corrected chi connectivity index (χ0v) is 15.9. The van der Waals surface area contributed by atoms with E-state index in [4.69, 9.17) is 9.47 Å². The zero-order chi connectivity index (χ0) is 20.3. The number of hydrogen-bond acceptors (Lipinski definition) is 5. The highest BCUT2D eigenvalue weighted by molar-refractivity contribution is 7.81. The molecule has 1 unspecified atom stereocenters. The van der Waals surface area contributed by atoms with Crippen LogP contribution in [-0.2, 0) is 20.7 Å². The largest absolute Gasteiger partial charge is 0.465 e. The fraction of sp³-hybridized carbons (Fsp3) is 0.100. The Labute approximate surface area is 163 Å². The Balaban J connectivity index is 2.26. The van der Waals surface area contributed by atoms with E-state index in [1.54, 1.807) is 12.1 Å². The minimum Gasteiger partial charge on any atom is -0.465 e. The van der Waals surface area contributed by atoms with Crippen LogP contribution in [0.3, 0.4) is 0 Å². The van der Waals surface area contributed by atoms with E-state index >= 15 is 0 Å². The van der Waals surface area contributed by atoms with Crippen LogP contribution in [-0.4, -0.2) is 34.9 Å². The van der Waals surface area contributed by atoms with Crippen LogP contribution in [0.5, 0.6) is 0 Å². The Morgan fingerprint density at radius 1 is 0.893 bits per heavy atom. The fourth-order valence-corrected chi connectivity index (χ4v) is 3.51. The second-order valence-electron chi connectivity index (χ2n) is 5.78. The molecule has 0 spiro atoms. The number of carbonyl (C=O) groups excluding carboxylic acids is 2. The summed E-state index contributed by atoms with van der Waals surface area (Å²) >= 11 is -2.48. The van der Waals surface area contributed by atoms with Gasteiger partial charge in [0, 0.05) is 5.39 Å². The fourth-order valence-electron chi connectivity index (χ4n) is 2.90. The van der Waals surface area contributed by atoms with E-state index in [-0.39, 0.29) is 16.8 Å². The van der Waals surface area contributed by atoms with Crippen LogP contribution < -0.4 is 4.31 Å². The van der Waals surface area contributed by atoms with Crippen molar-refractivity contribution in [2.75, 3.05) is 18.5 Å². The monoisotopic (exact) mass is 399 g/mol. The van der Waals surface area contributed by atoms with E-state index in [2.05, 4.69) is 0 Å². The Morgan fingerprint density at radius 2 is 1.46 bits per heavy atom. The number of ether oxygens (including phenoxy) is 2. The SMILES string of the molecule is COC(=O)c1cc(C(=O)OC)cc(N(c2cccc3ccccc23)S(=O)O)c1. The molecule has 0 heterocycles. The predicted molar refractivity (Wildman–Crippen MR) is 106 cm³/mol. The third kappa shape index (κ3) is 3.73. The summed E-state index contributed by atoms with van der Waals surface area (Å²) in [6.45, 7) is 0. The third-order valence-corrected chi connectivity index (χ3v) is 4.86. The van der Waals surface area contributed by atoms with Crippen molar-refractivity contribution in [3.05, 3.63) is 71.8 Å².